The van der Waals surface area contributed by atoms with Crippen LogP contribution in [0.3, 0.4) is 0 Å². The number of carbonyl (C=O) groups excluding carboxylic acids is 1. The van der Waals surface area contributed by atoms with Gasteiger partial charge < -0.3 is 10.8 Å². The van der Waals surface area contributed by atoms with Crippen molar-refractivity contribution in [2.45, 2.75) is 39.2 Å². The number of carboxylic acids is 1. The SMILES string of the molecule is CC(=O)CC(N)C(=O)O.CCCCP.[NaH]. The van der Waals surface area contributed by atoms with Crippen LogP contribution >= 0.6 is 9.24 Å². The van der Waals surface area contributed by atoms with E-state index in [-0.39, 0.29) is 41.8 Å². The third-order valence-corrected chi connectivity index (χ3v) is 1.79. The van der Waals surface area contributed by atoms with E-state index < -0.39 is 12.0 Å². The molecule has 3 N–H and O–H groups in total. The van der Waals surface area contributed by atoms with Crippen LogP contribution in [0.15, 0.2) is 0 Å². The number of hydrogen-bond acceptors (Lipinski definition) is 3. The molecule has 0 aromatic carbocycles. The Kier molecular flexibility index (Phi) is 20.2. The van der Waals surface area contributed by atoms with Gasteiger partial charge in [-0.15, -0.1) is 9.24 Å². The predicted octanol–water partition coefficient (Wildman–Crippen LogP) is 0.390. The number of rotatable bonds is 5. The van der Waals surface area contributed by atoms with Crippen LogP contribution < -0.4 is 5.73 Å². The van der Waals surface area contributed by atoms with Gasteiger partial charge in [-0.05, 0) is 13.1 Å². The Morgan fingerprint density at radius 3 is 2.00 bits per heavy atom. The molecule has 0 rings (SSSR count). The van der Waals surface area contributed by atoms with Crippen molar-refractivity contribution in [3.8, 4) is 0 Å². The van der Waals surface area contributed by atoms with Crippen LogP contribution in [-0.2, 0) is 9.59 Å². The Labute approximate surface area is 116 Å². The van der Waals surface area contributed by atoms with E-state index in [2.05, 4.69) is 16.2 Å². The van der Waals surface area contributed by atoms with Gasteiger partial charge in [0.25, 0.3) is 0 Å². The van der Waals surface area contributed by atoms with Gasteiger partial charge in [0.1, 0.15) is 11.8 Å². The second kappa shape index (κ2) is 14.5. The van der Waals surface area contributed by atoms with Crippen LogP contribution in [0.2, 0.25) is 0 Å². The summed E-state index contributed by atoms with van der Waals surface area (Å²) in [6.07, 6.45) is 3.85. The normalized spacial score (nSPS) is 10.4. The van der Waals surface area contributed by atoms with Gasteiger partial charge in [-0.25, -0.2) is 0 Å². The molecule has 0 aliphatic heterocycles. The third-order valence-electron chi connectivity index (χ3n) is 1.38. The topological polar surface area (TPSA) is 80.4 Å². The number of carbonyl (C=O) groups is 2. The molecule has 0 aromatic rings. The van der Waals surface area contributed by atoms with E-state index in [4.69, 9.17) is 10.8 Å². The molecular weight excluding hydrogens is 224 g/mol. The van der Waals surface area contributed by atoms with Crippen LogP contribution in [0, 0.1) is 0 Å². The fourth-order valence-corrected chi connectivity index (χ4v) is 1.01. The van der Waals surface area contributed by atoms with Crippen molar-refractivity contribution >= 4 is 50.5 Å². The maximum absolute atomic E-state index is 10.2. The summed E-state index contributed by atoms with van der Waals surface area (Å²) in [5, 5.41) is 8.15. The number of unbranched alkanes of at least 4 members (excludes halogenated alkanes) is 1. The molecule has 86 valence electrons. The first-order valence-corrected chi connectivity index (χ1v) is 5.45. The molecule has 0 aliphatic carbocycles. The van der Waals surface area contributed by atoms with Crippen LogP contribution in [0.5, 0.6) is 0 Å². The fourth-order valence-electron chi connectivity index (χ4n) is 0.601. The summed E-state index contributed by atoms with van der Waals surface area (Å²) in [5.74, 6) is -1.34. The van der Waals surface area contributed by atoms with Gasteiger partial charge in [0, 0.05) is 6.42 Å². The molecule has 4 nitrogen and oxygen atoms in total. The maximum atomic E-state index is 10.2. The summed E-state index contributed by atoms with van der Waals surface area (Å²) in [6.45, 7) is 3.51. The molecule has 0 saturated carbocycles. The van der Waals surface area contributed by atoms with E-state index in [0.29, 0.717) is 0 Å². The number of ketones is 1. The molecule has 0 aromatic heterocycles. The summed E-state index contributed by atoms with van der Waals surface area (Å²) in [5.41, 5.74) is 5.00. The summed E-state index contributed by atoms with van der Waals surface area (Å²) >= 11 is 0. The second-order valence-electron chi connectivity index (χ2n) is 2.99. The van der Waals surface area contributed by atoms with Crippen molar-refractivity contribution in [3.05, 3.63) is 0 Å². The predicted molar refractivity (Wildman–Crippen MR) is 67.5 cm³/mol. The average Bonchev–Trinajstić information content (AvgIpc) is 2.05. The number of nitrogens with two attached hydrogens (primary N) is 1. The van der Waals surface area contributed by atoms with Gasteiger partial charge in [0.05, 0.1) is 0 Å². The first kappa shape index (κ1) is 20.9. The zero-order valence-corrected chi connectivity index (χ0v) is 9.98. The minimum absolute atomic E-state index is 0. The van der Waals surface area contributed by atoms with E-state index in [1.54, 1.807) is 0 Å². The molecule has 15 heavy (non-hydrogen) atoms. The Morgan fingerprint density at radius 2 is 1.93 bits per heavy atom. The zero-order valence-electron chi connectivity index (χ0n) is 8.82. The van der Waals surface area contributed by atoms with E-state index in [1.165, 1.54) is 25.9 Å². The monoisotopic (exact) mass is 245 g/mol. The number of aliphatic carboxylic acids is 1. The minimum atomic E-state index is -1.13. The third kappa shape index (κ3) is 20.6. The molecule has 0 heterocycles. The van der Waals surface area contributed by atoms with Crippen molar-refractivity contribution in [1.82, 2.24) is 0 Å². The van der Waals surface area contributed by atoms with Crippen LogP contribution in [0.25, 0.3) is 0 Å². The Bertz CT molecular complexity index is 177. The molecule has 0 radical (unpaired) electrons. The van der Waals surface area contributed by atoms with Crippen molar-refractivity contribution < 1.29 is 14.7 Å². The van der Waals surface area contributed by atoms with E-state index in [0.717, 1.165) is 0 Å². The Morgan fingerprint density at radius 1 is 1.47 bits per heavy atom. The molecule has 0 saturated heterocycles. The van der Waals surface area contributed by atoms with Crippen molar-refractivity contribution in [2.75, 3.05) is 6.16 Å². The molecular formula is C9H21NNaO3P. The van der Waals surface area contributed by atoms with Crippen molar-refractivity contribution in [2.24, 2.45) is 5.73 Å². The summed E-state index contributed by atoms with van der Waals surface area (Å²) in [4.78, 5) is 20.2. The quantitative estimate of drug-likeness (QED) is 0.542. The van der Waals surface area contributed by atoms with Gasteiger partial charge in [0.2, 0.25) is 0 Å². The van der Waals surface area contributed by atoms with E-state index in [1.807, 2.05) is 0 Å². The van der Waals surface area contributed by atoms with Gasteiger partial charge in [0.15, 0.2) is 0 Å². The number of carboxylic acid groups (broad SMARTS) is 1. The molecule has 0 spiro atoms. The second-order valence-corrected chi connectivity index (χ2v) is 3.57. The molecule has 0 aliphatic rings. The standard InChI is InChI=1S/C5H9NO3.C4H11P.Na.H/c1-3(7)2-4(6)5(8)9;1-2-3-4-5;;/h4H,2,6H2,1H3,(H,8,9);2-5H2,1H3;;. The Balaban J connectivity index is -0.000000208. The summed E-state index contributed by atoms with van der Waals surface area (Å²) < 4.78 is 0. The van der Waals surface area contributed by atoms with Crippen LogP contribution in [0.4, 0.5) is 0 Å². The molecule has 2 unspecified atom stereocenters. The first-order valence-electron chi connectivity index (χ1n) is 4.63. The molecule has 0 bridgehead atoms. The van der Waals surface area contributed by atoms with E-state index in [9.17, 15) is 9.59 Å². The van der Waals surface area contributed by atoms with Gasteiger partial charge in [-0.3, -0.25) is 9.59 Å². The van der Waals surface area contributed by atoms with Crippen LogP contribution in [-0.4, -0.2) is 58.6 Å². The number of hydrogen-bond donors (Lipinski definition) is 2. The summed E-state index contributed by atoms with van der Waals surface area (Å²) in [6, 6.07) is -1.04. The molecule has 0 fully saturated rings. The van der Waals surface area contributed by atoms with Gasteiger partial charge in [-0.1, -0.05) is 19.8 Å². The van der Waals surface area contributed by atoms with Gasteiger partial charge in [-0.2, -0.15) is 0 Å². The van der Waals surface area contributed by atoms with Gasteiger partial charge >= 0.3 is 35.5 Å². The molecule has 6 heteroatoms. The van der Waals surface area contributed by atoms with Crippen molar-refractivity contribution in [3.63, 3.8) is 0 Å². The van der Waals surface area contributed by atoms with Crippen molar-refractivity contribution in [1.29, 1.82) is 0 Å². The number of Topliss-reactive ketones (excluding diaryl/α,β-unsaturated/α-hetero) is 1. The first-order chi connectivity index (χ1) is 6.45. The van der Waals surface area contributed by atoms with E-state index >= 15 is 0 Å². The molecule has 2 atom stereocenters. The molecule has 0 amide bonds. The average molecular weight is 245 g/mol. The van der Waals surface area contributed by atoms with Crippen LogP contribution in [0.1, 0.15) is 33.1 Å². The fraction of sp³-hybridized carbons (Fsp3) is 0.778. The zero-order chi connectivity index (χ0) is 11.6. The summed E-state index contributed by atoms with van der Waals surface area (Å²) in [7, 11) is 2.70. The Hall–Kier alpha value is 0.530.